The van der Waals surface area contributed by atoms with E-state index in [1.165, 1.54) is 6.07 Å². The van der Waals surface area contributed by atoms with Crippen LogP contribution in [0.3, 0.4) is 0 Å². The van der Waals surface area contributed by atoms with E-state index in [9.17, 15) is 14.9 Å². The molecule has 150 valence electrons. The Morgan fingerprint density at radius 3 is 2.79 bits per heavy atom. The van der Waals surface area contributed by atoms with Gasteiger partial charge in [0.25, 0.3) is 11.6 Å². The van der Waals surface area contributed by atoms with E-state index in [4.69, 9.17) is 0 Å². The molecule has 2 heterocycles. The molecule has 1 aromatic heterocycles. The summed E-state index contributed by atoms with van der Waals surface area (Å²) >= 11 is 1.55. The summed E-state index contributed by atoms with van der Waals surface area (Å²) in [6.07, 6.45) is 2.16. The molecule has 7 nitrogen and oxygen atoms in total. The fourth-order valence-electron chi connectivity index (χ4n) is 3.78. The second kappa shape index (κ2) is 8.26. The number of hydrogen-bond donors (Lipinski definition) is 1. The SMILES string of the molecule is Cc1nc(C)c(C(C)NC(=O)c2ccc(N3CCCC(C)C3)c([N+](=O)[O-])c2)s1. The van der Waals surface area contributed by atoms with Gasteiger partial charge in [-0.1, -0.05) is 6.92 Å². The van der Waals surface area contributed by atoms with Gasteiger partial charge in [-0.15, -0.1) is 11.3 Å². The van der Waals surface area contributed by atoms with Crippen LogP contribution in [0.1, 0.15) is 58.7 Å². The van der Waals surface area contributed by atoms with E-state index in [0.717, 1.165) is 41.5 Å². The molecule has 2 aromatic rings. The molecule has 0 bridgehead atoms. The average molecular weight is 403 g/mol. The lowest BCUT2D eigenvalue weighted by Crippen LogP contribution is -2.34. The third kappa shape index (κ3) is 4.32. The van der Waals surface area contributed by atoms with Gasteiger partial charge in [0.05, 0.1) is 21.7 Å². The number of nitrogens with zero attached hydrogens (tertiary/aromatic N) is 3. The molecule has 1 amide bonds. The van der Waals surface area contributed by atoms with E-state index in [0.29, 0.717) is 17.2 Å². The summed E-state index contributed by atoms with van der Waals surface area (Å²) in [5.74, 6) is 0.183. The topological polar surface area (TPSA) is 88.4 Å². The van der Waals surface area contributed by atoms with Crippen molar-refractivity contribution in [2.75, 3.05) is 18.0 Å². The first kappa shape index (κ1) is 20.3. The molecule has 1 N–H and O–H groups in total. The first-order valence-corrected chi connectivity index (χ1v) is 10.4. The van der Waals surface area contributed by atoms with E-state index < -0.39 is 4.92 Å². The van der Waals surface area contributed by atoms with Crippen LogP contribution in [0.25, 0.3) is 0 Å². The number of piperidine rings is 1. The van der Waals surface area contributed by atoms with Crippen molar-refractivity contribution in [2.45, 2.75) is 46.6 Å². The monoisotopic (exact) mass is 402 g/mol. The van der Waals surface area contributed by atoms with Crippen molar-refractivity contribution in [3.05, 3.63) is 49.5 Å². The fraction of sp³-hybridized carbons (Fsp3) is 0.500. The summed E-state index contributed by atoms with van der Waals surface area (Å²) in [6.45, 7) is 9.51. The molecule has 28 heavy (non-hydrogen) atoms. The molecular formula is C20H26N4O3S. The number of anilines is 1. The van der Waals surface area contributed by atoms with Gasteiger partial charge < -0.3 is 10.2 Å². The van der Waals surface area contributed by atoms with Gasteiger partial charge in [0.2, 0.25) is 0 Å². The molecular weight excluding hydrogens is 376 g/mol. The van der Waals surface area contributed by atoms with E-state index in [1.807, 2.05) is 20.8 Å². The predicted molar refractivity (Wildman–Crippen MR) is 111 cm³/mol. The van der Waals surface area contributed by atoms with Crippen LogP contribution in [0.2, 0.25) is 0 Å². The molecule has 1 aromatic carbocycles. The minimum Gasteiger partial charge on any atom is -0.366 e. The van der Waals surface area contributed by atoms with Gasteiger partial charge in [-0.3, -0.25) is 14.9 Å². The maximum Gasteiger partial charge on any atom is 0.293 e. The number of nitro benzene ring substituents is 1. The van der Waals surface area contributed by atoms with Crippen LogP contribution in [0.15, 0.2) is 18.2 Å². The summed E-state index contributed by atoms with van der Waals surface area (Å²) in [4.78, 5) is 31.4. The van der Waals surface area contributed by atoms with Gasteiger partial charge in [-0.2, -0.15) is 0 Å². The number of rotatable bonds is 5. The second-order valence-electron chi connectivity index (χ2n) is 7.53. The quantitative estimate of drug-likeness (QED) is 0.592. The predicted octanol–water partition coefficient (Wildman–Crippen LogP) is 4.40. The minimum absolute atomic E-state index is 0.0146. The van der Waals surface area contributed by atoms with Crippen LogP contribution in [0.4, 0.5) is 11.4 Å². The van der Waals surface area contributed by atoms with E-state index in [-0.39, 0.29) is 17.6 Å². The highest BCUT2D eigenvalue weighted by Gasteiger charge is 2.26. The molecule has 3 rings (SSSR count). The number of aromatic nitrogens is 1. The van der Waals surface area contributed by atoms with Crippen molar-refractivity contribution in [3.63, 3.8) is 0 Å². The molecule has 1 saturated heterocycles. The molecule has 1 fully saturated rings. The fourth-order valence-corrected chi connectivity index (χ4v) is 4.71. The van der Waals surface area contributed by atoms with Crippen molar-refractivity contribution < 1.29 is 9.72 Å². The molecule has 0 spiro atoms. The Morgan fingerprint density at radius 2 is 2.18 bits per heavy atom. The number of carbonyl (C=O) groups is 1. The zero-order valence-corrected chi connectivity index (χ0v) is 17.5. The summed E-state index contributed by atoms with van der Waals surface area (Å²) in [5, 5.41) is 15.5. The van der Waals surface area contributed by atoms with Crippen molar-refractivity contribution in [2.24, 2.45) is 5.92 Å². The Hall–Kier alpha value is -2.48. The summed E-state index contributed by atoms with van der Waals surface area (Å²) in [7, 11) is 0. The second-order valence-corrected chi connectivity index (χ2v) is 8.77. The Morgan fingerprint density at radius 1 is 1.43 bits per heavy atom. The molecule has 1 aliphatic rings. The third-order valence-corrected chi connectivity index (χ3v) is 6.37. The number of nitrogens with one attached hydrogen (secondary N) is 1. The van der Waals surface area contributed by atoms with Gasteiger partial charge in [-0.05, 0) is 51.7 Å². The smallest absolute Gasteiger partial charge is 0.293 e. The van der Waals surface area contributed by atoms with Gasteiger partial charge in [0.1, 0.15) is 5.69 Å². The number of nitro groups is 1. The minimum atomic E-state index is -0.397. The van der Waals surface area contributed by atoms with Crippen LogP contribution in [-0.4, -0.2) is 28.9 Å². The number of carbonyl (C=O) groups excluding carboxylic acids is 1. The molecule has 2 unspecified atom stereocenters. The Bertz CT molecular complexity index is 896. The third-order valence-electron chi connectivity index (χ3n) is 5.11. The normalized spacial score (nSPS) is 18.0. The number of hydrogen-bond acceptors (Lipinski definition) is 6. The zero-order chi connectivity index (χ0) is 20.4. The van der Waals surface area contributed by atoms with Gasteiger partial charge in [0.15, 0.2) is 0 Å². The number of thiazole rings is 1. The molecule has 0 saturated carbocycles. The van der Waals surface area contributed by atoms with Crippen LogP contribution in [-0.2, 0) is 0 Å². The van der Waals surface area contributed by atoms with Crippen molar-refractivity contribution >= 4 is 28.6 Å². The Labute approximate surface area is 168 Å². The highest BCUT2D eigenvalue weighted by atomic mass is 32.1. The summed E-state index contributed by atoms with van der Waals surface area (Å²) in [5.41, 5.74) is 1.77. The Balaban J connectivity index is 1.82. The van der Waals surface area contributed by atoms with Gasteiger partial charge in [0, 0.05) is 29.6 Å². The lowest BCUT2D eigenvalue weighted by molar-refractivity contribution is -0.384. The summed E-state index contributed by atoms with van der Waals surface area (Å²) in [6, 6.07) is 4.56. The maximum atomic E-state index is 12.7. The highest BCUT2D eigenvalue weighted by Crippen LogP contribution is 2.33. The van der Waals surface area contributed by atoms with E-state index >= 15 is 0 Å². The van der Waals surface area contributed by atoms with Gasteiger partial charge >= 0.3 is 0 Å². The molecule has 0 aliphatic carbocycles. The van der Waals surface area contributed by atoms with Crippen molar-refractivity contribution in [1.29, 1.82) is 0 Å². The molecule has 1 aliphatic heterocycles. The van der Waals surface area contributed by atoms with Crippen molar-refractivity contribution in [3.8, 4) is 0 Å². The van der Waals surface area contributed by atoms with E-state index in [2.05, 4.69) is 22.1 Å². The Kier molecular flexibility index (Phi) is 5.98. The first-order chi connectivity index (χ1) is 13.3. The zero-order valence-electron chi connectivity index (χ0n) is 16.7. The average Bonchev–Trinajstić information content (AvgIpc) is 2.99. The van der Waals surface area contributed by atoms with Crippen LogP contribution in [0, 0.1) is 29.9 Å². The number of aryl methyl sites for hydroxylation is 2. The largest absolute Gasteiger partial charge is 0.366 e. The molecule has 2 atom stereocenters. The van der Waals surface area contributed by atoms with Crippen LogP contribution >= 0.6 is 11.3 Å². The lowest BCUT2D eigenvalue weighted by atomic mass is 9.99. The molecule has 8 heteroatoms. The van der Waals surface area contributed by atoms with Crippen LogP contribution < -0.4 is 10.2 Å². The van der Waals surface area contributed by atoms with E-state index in [1.54, 1.807) is 23.5 Å². The standard InChI is InChI=1S/C20H26N4O3S/c1-12-6-5-9-23(11-12)17-8-7-16(10-18(17)24(26)27)20(25)22-14(3)19-13(2)21-15(4)28-19/h7-8,10,12,14H,5-6,9,11H2,1-4H3,(H,22,25). The van der Waals surface area contributed by atoms with Crippen LogP contribution in [0.5, 0.6) is 0 Å². The number of benzene rings is 1. The van der Waals surface area contributed by atoms with Gasteiger partial charge in [-0.25, -0.2) is 4.98 Å². The lowest BCUT2D eigenvalue weighted by Gasteiger charge is -2.32. The van der Waals surface area contributed by atoms with Crippen molar-refractivity contribution in [1.82, 2.24) is 10.3 Å². The summed E-state index contributed by atoms with van der Waals surface area (Å²) < 4.78 is 0. The first-order valence-electron chi connectivity index (χ1n) is 9.54. The molecule has 0 radical (unpaired) electrons. The maximum absolute atomic E-state index is 12.7. The number of amides is 1. The highest BCUT2D eigenvalue weighted by molar-refractivity contribution is 7.11.